The van der Waals surface area contributed by atoms with Crippen LogP contribution in [0.3, 0.4) is 0 Å². The number of carbonyl (C=O) groups excluding carboxylic acids is 1. The van der Waals surface area contributed by atoms with Gasteiger partial charge >= 0.3 is 0 Å². The van der Waals surface area contributed by atoms with Crippen molar-refractivity contribution in [3.05, 3.63) is 0 Å². The molecule has 2 fully saturated rings. The number of ether oxygens (including phenoxy) is 1. The summed E-state index contributed by atoms with van der Waals surface area (Å²) in [7, 11) is 1.71. The van der Waals surface area contributed by atoms with Crippen molar-refractivity contribution in [1.82, 2.24) is 10.2 Å². The quantitative estimate of drug-likeness (QED) is 0.715. The van der Waals surface area contributed by atoms with Crippen LogP contribution < -0.4 is 5.32 Å². The van der Waals surface area contributed by atoms with Crippen LogP contribution in [0.1, 0.15) is 25.7 Å². The maximum absolute atomic E-state index is 12.3. The number of amides is 1. The van der Waals surface area contributed by atoms with Crippen LogP contribution in [0.2, 0.25) is 0 Å². The molecule has 2 aliphatic heterocycles. The van der Waals surface area contributed by atoms with Gasteiger partial charge in [0.2, 0.25) is 5.91 Å². The lowest BCUT2D eigenvalue weighted by molar-refractivity contribution is -0.137. The number of nitrogens with one attached hydrogen (secondary N) is 1. The Balaban J connectivity index is 1.88. The first-order valence-electron chi connectivity index (χ1n) is 6.27. The normalized spacial score (nSPS) is 24.3. The number of likely N-dealkylation sites (tertiary alicyclic amines) is 1. The zero-order chi connectivity index (χ0) is 11.4. The van der Waals surface area contributed by atoms with E-state index in [2.05, 4.69) is 5.32 Å². The van der Waals surface area contributed by atoms with E-state index in [0.29, 0.717) is 5.91 Å². The van der Waals surface area contributed by atoms with Gasteiger partial charge in [0.15, 0.2) is 0 Å². The third-order valence-corrected chi connectivity index (χ3v) is 3.94. The molecular formula is C12H22N2O2. The lowest BCUT2D eigenvalue weighted by atomic mass is 9.78. The standard InChI is InChI=1S/C12H22N2O2/c1-16-10-2-8-14-9-5-12(11(14)15)3-6-13-7-4-12/h13H,2-10H2,1H3. The van der Waals surface area contributed by atoms with E-state index in [1.165, 1.54) is 0 Å². The van der Waals surface area contributed by atoms with E-state index in [1.807, 2.05) is 4.90 Å². The van der Waals surface area contributed by atoms with E-state index in [-0.39, 0.29) is 5.41 Å². The molecule has 0 atom stereocenters. The Bertz CT molecular complexity index is 247. The molecule has 4 nitrogen and oxygen atoms in total. The highest BCUT2D eigenvalue weighted by atomic mass is 16.5. The fourth-order valence-corrected chi connectivity index (χ4v) is 2.88. The number of nitrogens with zero attached hydrogens (tertiary/aromatic N) is 1. The van der Waals surface area contributed by atoms with E-state index >= 15 is 0 Å². The van der Waals surface area contributed by atoms with E-state index in [4.69, 9.17) is 4.74 Å². The van der Waals surface area contributed by atoms with Crippen LogP contribution in [0.25, 0.3) is 0 Å². The van der Waals surface area contributed by atoms with E-state index < -0.39 is 0 Å². The maximum Gasteiger partial charge on any atom is 0.228 e. The Kier molecular flexibility index (Phi) is 3.82. The molecule has 92 valence electrons. The fraction of sp³-hybridized carbons (Fsp3) is 0.917. The van der Waals surface area contributed by atoms with Crippen molar-refractivity contribution in [2.24, 2.45) is 5.41 Å². The lowest BCUT2D eigenvalue weighted by Gasteiger charge is -2.32. The second kappa shape index (κ2) is 5.15. The van der Waals surface area contributed by atoms with Crippen LogP contribution in [-0.2, 0) is 9.53 Å². The average molecular weight is 226 g/mol. The number of hydrogen-bond donors (Lipinski definition) is 1. The van der Waals surface area contributed by atoms with Gasteiger partial charge < -0.3 is 15.0 Å². The number of hydrogen-bond acceptors (Lipinski definition) is 3. The molecule has 2 heterocycles. The molecule has 0 aromatic rings. The third kappa shape index (κ3) is 2.23. The zero-order valence-electron chi connectivity index (χ0n) is 10.1. The number of methoxy groups -OCH3 is 1. The Labute approximate surface area is 97.3 Å². The second-order valence-corrected chi connectivity index (χ2v) is 4.92. The van der Waals surface area contributed by atoms with Crippen molar-refractivity contribution in [2.45, 2.75) is 25.7 Å². The number of carbonyl (C=O) groups is 1. The number of piperidine rings is 1. The van der Waals surface area contributed by atoms with Gasteiger partial charge in [-0.1, -0.05) is 0 Å². The second-order valence-electron chi connectivity index (χ2n) is 4.92. The minimum Gasteiger partial charge on any atom is -0.385 e. The summed E-state index contributed by atoms with van der Waals surface area (Å²) in [6.07, 6.45) is 4.05. The average Bonchev–Trinajstić information content (AvgIpc) is 2.60. The molecule has 1 N–H and O–H groups in total. The molecule has 0 aromatic carbocycles. The number of rotatable bonds is 4. The smallest absolute Gasteiger partial charge is 0.228 e. The van der Waals surface area contributed by atoms with Crippen molar-refractivity contribution in [3.63, 3.8) is 0 Å². The predicted octanol–water partition coefficient (Wildman–Crippen LogP) is 0.625. The minimum atomic E-state index is -0.0156. The van der Waals surface area contributed by atoms with Crippen molar-refractivity contribution >= 4 is 5.91 Å². The molecule has 0 saturated carbocycles. The maximum atomic E-state index is 12.3. The predicted molar refractivity (Wildman–Crippen MR) is 62.2 cm³/mol. The van der Waals surface area contributed by atoms with Gasteiger partial charge in [-0.3, -0.25) is 4.79 Å². The summed E-state index contributed by atoms with van der Waals surface area (Å²) < 4.78 is 5.03. The molecule has 2 aliphatic rings. The highest BCUT2D eigenvalue weighted by Gasteiger charge is 2.46. The van der Waals surface area contributed by atoms with Crippen LogP contribution in [-0.4, -0.2) is 50.7 Å². The van der Waals surface area contributed by atoms with Gasteiger partial charge in [-0.05, 0) is 38.8 Å². The van der Waals surface area contributed by atoms with E-state index in [9.17, 15) is 4.79 Å². The molecule has 1 amide bonds. The highest BCUT2D eigenvalue weighted by Crippen LogP contribution is 2.39. The van der Waals surface area contributed by atoms with Crippen molar-refractivity contribution in [1.29, 1.82) is 0 Å². The monoisotopic (exact) mass is 226 g/mol. The summed E-state index contributed by atoms with van der Waals surface area (Å²) in [5, 5.41) is 3.33. The topological polar surface area (TPSA) is 41.6 Å². The first kappa shape index (κ1) is 11.9. The lowest BCUT2D eigenvalue weighted by Crippen LogP contribution is -2.42. The van der Waals surface area contributed by atoms with Gasteiger partial charge in [0.05, 0.1) is 5.41 Å². The van der Waals surface area contributed by atoms with Crippen LogP contribution in [0.15, 0.2) is 0 Å². The van der Waals surface area contributed by atoms with Crippen LogP contribution >= 0.6 is 0 Å². The summed E-state index contributed by atoms with van der Waals surface area (Å²) in [6.45, 7) is 4.55. The fourth-order valence-electron chi connectivity index (χ4n) is 2.88. The summed E-state index contributed by atoms with van der Waals surface area (Å²) in [4.78, 5) is 14.4. The van der Waals surface area contributed by atoms with Crippen molar-refractivity contribution in [3.8, 4) is 0 Å². The van der Waals surface area contributed by atoms with Crippen LogP contribution in [0, 0.1) is 5.41 Å². The zero-order valence-corrected chi connectivity index (χ0v) is 10.1. The minimum absolute atomic E-state index is 0.0156. The largest absolute Gasteiger partial charge is 0.385 e. The van der Waals surface area contributed by atoms with Gasteiger partial charge in [0.1, 0.15) is 0 Å². The Hall–Kier alpha value is -0.610. The molecule has 0 bridgehead atoms. The molecular weight excluding hydrogens is 204 g/mol. The Morgan fingerprint density at radius 3 is 2.81 bits per heavy atom. The van der Waals surface area contributed by atoms with Gasteiger partial charge in [0, 0.05) is 26.8 Å². The van der Waals surface area contributed by atoms with Crippen molar-refractivity contribution < 1.29 is 9.53 Å². The molecule has 2 rings (SSSR count). The third-order valence-electron chi connectivity index (χ3n) is 3.94. The van der Waals surface area contributed by atoms with Crippen LogP contribution in [0.5, 0.6) is 0 Å². The van der Waals surface area contributed by atoms with E-state index in [0.717, 1.165) is 58.5 Å². The summed E-state index contributed by atoms with van der Waals surface area (Å²) in [5.41, 5.74) is -0.0156. The Morgan fingerprint density at radius 2 is 2.12 bits per heavy atom. The molecule has 0 aliphatic carbocycles. The summed E-state index contributed by atoms with van der Waals surface area (Å²) in [6, 6.07) is 0. The SMILES string of the molecule is COCCCN1CCC2(CCNCC2)C1=O. The van der Waals surface area contributed by atoms with Gasteiger partial charge in [-0.25, -0.2) is 0 Å². The van der Waals surface area contributed by atoms with E-state index in [1.54, 1.807) is 7.11 Å². The van der Waals surface area contributed by atoms with Gasteiger partial charge in [0.25, 0.3) is 0 Å². The van der Waals surface area contributed by atoms with Gasteiger partial charge in [-0.15, -0.1) is 0 Å². The summed E-state index contributed by atoms with van der Waals surface area (Å²) in [5.74, 6) is 0.394. The summed E-state index contributed by atoms with van der Waals surface area (Å²) >= 11 is 0. The van der Waals surface area contributed by atoms with Crippen LogP contribution in [0.4, 0.5) is 0 Å². The molecule has 0 aromatic heterocycles. The molecule has 4 heteroatoms. The molecule has 1 spiro atoms. The highest BCUT2D eigenvalue weighted by molar-refractivity contribution is 5.85. The first-order chi connectivity index (χ1) is 7.78. The Morgan fingerprint density at radius 1 is 1.38 bits per heavy atom. The first-order valence-corrected chi connectivity index (χ1v) is 6.27. The van der Waals surface area contributed by atoms with Crippen molar-refractivity contribution in [2.75, 3.05) is 39.9 Å². The van der Waals surface area contributed by atoms with Gasteiger partial charge in [-0.2, -0.15) is 0 Å². The molecule has 0 unspecified atom stereocenters. The molecule has 16 heavy (non-hydrogen) atoms. The molecule has 0 radical (unpaired) electrons. The molecule has 2 saturated heterocycles.